The summed E-state index contributed by atoms with van der Waals surface area (Å²) in [5, 5.41) is 11.8. The fourth-order valence-electron chi connectivity index (χ4n) is 2.14. The van der Waals surface area contributed by atoms with Gasteiger partial charge in [-0.1, -0.05) is 6.92 Å². The van der Waals surface area contributed by atoms with Crippen LogP contribution < -0.4 is 11.1 Å². The molecule has 1 aliphatic rings. The van der Waals surface area contributed by atoms with Gasteiger partial charge in [-0.3, -0.25) is 9.69 Å². The maximum atomic E-state index is 11.7. The van der Waals surface area contributed by atoms with Crippen molar-refractivity contribution in [3.05, 3.63) is 0 Å². The number of amides is 1. The molecule has 1 rings (SSSR count). The summed E-state index contributed by atoms with van der Waals surface area (Å²) in [5.74, 6) is 0.424. The minimum atomic E-state index is 0.0992. The van der Waals surface area contributed by atoms with Gasteiger partial charge in [-0.25, -0.2) is 0 Å². The Bertz CT molecular complexity index is 240. The lowest BCUT2D eigenvalue weighted by molar-refractivity contribution is -0.122. The van der Waals surface area contributed by atoms with Crippen LogP contribution in [0.25, 0.3) is 0 Å². The molecule has 1 unspecified atom stereocenters. The van der Waals surface area contributed by atoms with Crippen molar-refractivity contribution in [2.75, 3.05) is 32.8 Å². The van der Waals surface area contributed by atoms with Crippen LogP contribution in [0.1, 0.15) is 32.6 Å². The van der Waals surface area contributed by atoms with Gasteiger partial charge < -0.3 is 16.2 Å². The van der Waals surface area contributed by atoms with Crippen molar-refractivity contribution in [2.24, 2.45) is 11.7 Å². The first-order valence-corrected chi connectivity index (χ1v) is 6.97. The van der Waals surface area contributed by atoms with E-state index in [4.69, 9.17) is 10.8 Å². The van der Waals surface area contributed by atoms with Gasteiger partial charge in [-0.15, -0.1) is 0 Å². The molecule has 1 heterocycles. The summed E-state index contributed by atoms with van der Waals surface area (Å²) in [6, 6.07) is 0.310. The maximum absolute atomic E-state index is 11.7. The van der Waals surface area contributed by atoms with Crippen molar-refractivity contribution in [3.8, 4) is 0 Å². The van der Waals surface area contributed by atoms with Crippen LogP contribution in [0.5, 0.6) is 0 Å². The predicted molar refractivity (Wildman–Crippen MR) is 72.1 cm³/mol. The first kappa shape index (κ1) is 15.4. The molecule has 1 saturated heterocycles. The van der Waals surface area contributed by atoms with Crippen LogP contribution >= 0.6 is 0 Å². The van der Waals surface area contributed by atoms with Crippen molar-refractivity contribution in [2.45, 2.75) is 38.6 Å². The highest BCUT2D eigenvalue weighted by molar-refractivity contribution is 5.77. The number of nitrogens with zero attached hydrogens (tertiary/aromatic N) is 1. The van der Waals surface area contributed by atoms with E-state index < -0.39 is 0 Å². The van der Waals surface area contributed by atoms with Crippen LogP contribution in [0.4, 0.5) is 0 Å². The molecule has 1 fully saturated rings. The molecule has 0 aliphatic carbocycles. The van der Waals surface area contributed by atoms with Crippen LogP contribution in [-0.2, 0) is 4.79 Å². The summed E-state index contributed by atoms with van der Waals surface area (Å²) in [5.41, 5.74) is 5.82. The van der Waals surface area contributed by atoms with Gasteiger partial charge in [0.25, 0.3) is 0 Å². The van der Waals surface area contributed by atoms with Gasteiger partial charge in [0.05, 0.1) is 6.54 Å². The summed E-state index contributed by atoms with van der Waals surface area (Å²) in [7, 11) is 0. The lowest BCUT2D eigenvalue weighted by Gasteiger charge is -2.29. The van der Waals surface area contributed by atoms with Crippen LogP contribution in [0, 0.1) is 5.92 Å². The van der Waals surface area contributed by atoms with Crippen molar-refractivity contribution in [3.63, 3.8) is 0 Å². The average Bonchev–Trinajstić information content (AvgIpc) is 2.37. The average molecular weight is 257 g/mol. The Balaban J connectivity index is 2.03. The van der Waals surface area contributed by atoms with Crippen molar-refractivity contribution >= 4 is 5.91 Å². The van der Waals surface area contributed by atoms with Crippen molar-refractivity contribution in [1.82, 2.24) is 10.2 Å². The molecule has 5 heteroatoms. The maximum Gasteiger partial charge on any atom is 0.234 e. The van der Waals surface area contributed by atoms with Crippen LogP contribution in [-0.4, -0.2) is 54.7 Å². The molecule has 5 nitrogen and oxygen atoms in total. The minimum Gasteiger partial charge on any atom is -0.396 e. The van der Waals surface area contributed by atoms with E-state index in [9.17, 15) is 4.79 Å². The summed E-state index contributed by atoms with van der Waals surface area (Å²) in [6.45, 7) is 5.28. The lowest BCUT2D eigenvalue weighted by atomic mass is 10.1. The molecular formula is C13H27N3O2. The number of nitrogens with two attached hydrogens (primary N) is 1. The molecule has 18 heavy (non-hydrogen) atoms. The van der Waals surface area contributed by atoms with E-state index in [0.29, 0.717) is 25.0 Å². The molecule has 0 aromatic heterocycles. The standard InChI is InChI=1S/C13H27N3O2/c1-11(10-17)3-2-6-15-13(18)9-16-7-4-12(14)5-8-16/h11-12,17H,2-10,14H2,1H3,(H,15,18). The van der Waals surface area contributed by atoms with E-state index >= 15 is 0 Å². The van der Waals surface area contributed by atoms with Crippen LogP contribution in [0.15, 0.2) is 0 Å². The number of carbonyl (C=O) groups is 1. The first-order valence-electron chi connectivity index (χ1n) is 6.97. The zero-order valence-electron chi connectivity index (χ0n) is 11.4. The molecular weight excluding hydrogens is 230 g/mol. The number of aliphatic hydroxyl groups is 1. The summed E-state index contributed by atoms with van der Waals surface area (Å²) < 4.78 is 0. The van der Waals surface area contributed by atoms with Gasteiger partial charge in [0.2, 0.25) is 5.91 Å². The Morgan fingerprint density at radius 3 is 2.78 bits per heavy atom. The molecule has 1 amide bonds. The Labute approximate surface area is 110 Å². The largest absolute Gasteiger partial charge is 0.396 e. The second kappa shape index (κ2) is 8.45. The van der Waals surface area contributed by atoms with Gasteiger partial charge in [0.1, 0.15) is 0 Å². The second-order valence-electron chi connectivity index (χ2n) is 5.39. The number of hydrogen-bond donors (Lipinski definition) is 3. The Morgan fingerprint density at radius 1 is 1.50 bits per heavy atom. The monoisotopic (exact) mass is 257 g/mol. The SMILES string of the molecule is CC(CO)CCCNC(=O)CN1CCC(N)CC1. The molecule has 0 aromatic rings. The molecule has 0 aromatic carbocycles. The summed E-state index contributed by atoms with van der Waals surface area (Å²) in [6.07, 6.45) is 3.86. The van der Waals surface area contributed by atoms with E-state index in [1.165, 1.54) is 0 Å². The lowest BCUT2D eigenvalue weighted by Crippen LogP contribution is -2.44. The molecule has 0 bridgehead atoms. The number of aliphatic hydroxyl groups excluding tert-OH is 1. The topological polar surface area (TPSA) is 78.6 Å². The first-order chi connectivity index (χ1) is 8.61. The molecule has 1 aliphatic heterocycles. The second-order valence-corrected chi connectivity index (χ2v) is 5.39. The predicted octanol–water partition coefficient (Wildman–Crippen LogP) is -0.0657. The van der Waals surface area contributed by atoms with Gasteiger partial charge in [-0.05, 0) is 31.6 Å². The number of likely N-dealkylation sites (tertiary alicyclic amines) is 1. The third-order valence-corrected chi connectivity index (χ3v) is 3.51. The zero-order chi connectivity index (χ0) is 13.4. The molecule has 1 atom stereocenters. The molecule has 4 N–H and O–H groups in total. The normalized spacial score (nSPS) is 19.7. The van der Waals surface area contributed by atoms with E-state index in [2.05, 4.69) is 10.2 Å². The highest BCUT2D eigenvalue weighted by atomic mass is 16.3. The third kappa shape index (κ3) is 6.33. The van der Waals surface area contributed by atoms with Gasteiger partial charge in [0.15, 0.2) is 0 Å². The van der Waals surface area contributed by atoms with E-state index in [-0.39, 0.29) is 12.5 Å². The Kier molecular flexibility index (Phi) is 7.23. The molecule has 0 radical (unpaired) electrons. The Morgan fingerprint density at radius 2 is 2.17 bits per heavy atom. The minimum absolute atomic E-state index is 0.0992. The molecule has 0 saturated carbocycles. The van der Waals surface area contributed by atoms with Crippen molar-refractivity contribution < 1.29 is 9.90 Å². The number of piperidine rings is 1. The highest BCUT2D eigenvalue weighted by Gasteiger charge is 2.17. The zero-order valence-corrected chi connectivity index (χ0v) is 11.4. The number of rotatable bonds is 7. The fraction of sp³-hybridized carbons (Fsp3) is 0.923. The summed E-state index contributed by atoms with van der Waals surface area (Å²) >= 11 is 0. The van der Waals surface area contributed by atoms with E-state index in [1.54, 1.807) is 0 Å². The number of carbonyl (C=O) groups excluding carboxylic acids is 1. The number of hydrogen-bond acceptors (Lipinski definition) is 4. The van der Waals surface area contributed by atoms with Gasteiger partial charge in [-0.2, -0.15) is 0 Å². The van der Waals surface area contributed by atoms with Gasteiger partial charge >= 0.3 is 0 Å². The van der Waals surface area contributed by atoms with E-state index in [1.807, 2.05) is 6.92 Å². The Hall–Kier alpha value is -0.650. The molecule has 106 valence electrons. The number of nitrogens with one attached hydrogen (secondary N) is 1. The van der Waals surface area contributed by atoms with Gasteiger partial charge in [0, 0.05) is 32.3 Å². The van der Waals surface area contributed by atoms with E-state index in [0.717, 1.165) is 38.8 Å². The van der Waals surface area contributed by atoms with Crippen LogP contribution in [0.2, 0.25) is 0 Å². The smallest absolute Gasteiger partial charge is 0.234 e. The fourth-order valence-corrected chi connectivity index (χ4v) is 2.14. The third-order valence-electron chi connectivity index (χ3n) is 3.51. The highest BCUT2D eigenvalue weighted by Crippen LogP contribution is 2.07. The van der Waals surface area contributed by atoms with Crippen molar-refractivity contribution in [1.29, 1.82) is 0 Å². The summed E-state index contributed by atoms with van der Waals surface area (Å²) in [4.78, 5) is 13.8. The quantitative estimate of drug-likeness (QED) is 0.558. The van der Waals surface area contributed by atoms with Crippen LogP contribution in [0.3, 0.4) is 0 Å². The molecule has 0 spiro atoms.